The van der Waals surface area contributed by atoms with Gasteiger partial charge >= 0.3 is 11.7 Å². The van der Waals surface area contributed by atoms with E-state index in [-0.39, 0.29) is 13.2 Å². The molecule has 2 aromatic carbocycles. The Labute approximate surface area is 187 Å². The van der Waals surface area contributed by atoms with Crippen molar-refractivity contribution in [1.82, 2.24) is 14.5 Å². The average Bonchev–Trinajstić information content (AvgIpc) is 2.97. The standard InChI is InChI=1S/C20H17Cl3N4O3/c1-2-30-19(28)12-26-20(29)27(24-11-14-5-8-16(22)10-17(14)23)18(25-26)9-13-3-6-15(21)7-4-13/h3-8,10-11H,2,9,12H2,1H3/b24-11-. The number of benzene rings is 2. The van der Waals surface area contributed by atoms with E-state index < -0.39 is 11.7 Å². The second-order valence-corrected chi connectivity index (χ2v) is 7.47. The maximum atomic E-state index is 12.8. The van der Waals surface area contributed by atoms with Crippen LogP contribution in [0.15, 0.2) is 52.4 Å². The lowest BCUT2D eigenvalue weighted by Gasteiger charge is -2.02. The molecule has 0 aliphatic carbocycles. The van der Waals surface area contributed by atoms with Gasteiger partial charge in [0.05, 0.1) is 17.8 Å². The van der Waals surface area contributed by atoms with Crippen molar-refractivity contribution in [2.75, 3.05) is 6.61 Å². The molecule has 1 aromatic heterocycles. The van der Waals surface area contributed by atoms with Gasteiger partial charge in [-0.1, -0.05) is 53.0 Å². The van der Waals surface area contributed by atoms with Crippen molar-refractivity contribution >= 4 is 47.0 Å². The summed E-state index contributed by atoms with van der Waals surface area (Å²) in [5.74, 6) is -0.222. The Hall–Kier alpha value is -2.61. The molecule has 0 saturated heterocycles. The number of carbonyl (C=O) groups is 1. The third-order valence-corrected chi connectivity index (χ3v) is 4.83. The molecule has 0 fully saturated rings. The highest BCUT2D eigenvalue weighted by molar-refractivity contribution is 6.36. The van der Waals surface area contributed by atoms with Crippen molar-refractivity contribution in [1.29, 1.82) is 0 Å². The number of nitrogens with zero attached hydrogens (tertiary/aromatic N) is 4. The molecule has 0 aliphatic rings. The predicted molar refractivity (Wildman–Crippen MR) is 117 cm³/mol. The van der Waals surface area contributed by atoms with Crippen LogP contribution >= 0.6 is 34.8 Å². The topological polar surface area (TPSA) is 78.5 Å². The number of rotatable bonds is 7. The Balaban J connectivity index is 1.98. The number of ether oxygens (including phenoxy) is 1. The molecular formula is C20H17Cl3N4O3. The molecule has 0 bridgehead atoms. The van der Waals surface area contributed by atoms with Gasteiger partial charge in [0, 0.05) is 22.0 Å². The van der Waals surface area contributed by atoms with Gasteiger partial charge in [-0.2, -0.15) is 14.9 Å². The van der Waals surface area contributed by atoms with Gasteiger partial charge in [-0.3, -0.25) is 4.79 Å². The summed E-state index contributed by atoms with van der Waals surface area (Å²) in [6.07, 6.45) is 1.73. The molecule has 0 aliphatic heterocycles. The lowest BCUT2D eigenvalue weighted by molar-refractivity contribution is -0.144. The van der Waals surface area contributed by atoms with Crippen molar-refractivity contribution in [3.05, 3.63) is 85.0 Å². The highest BCUT2D eigenvalue weighted by Crippen LogP contribution is 2.19. The zero-order valence-electron chi connectivity index (χ0n) is 15.9. The maximum Gasteiger partial charge on any atom is 0.367 e. The van der Waals surface area contributed by atoms with Crippen LogP contribution < -0.4 is 5.69 Å². The lowest BCUT2D eigenvalue weighted by atomic mass is 10.1. The Morgan fingerprint density at radius 2 is 1.83 bits per heavy atom. The predicted octanol–water partition coefficient (Wildman–Crippen LogP) is 4.04. The fraction of sp³-hybridized carbons (Fsp3) is 0.200. The van der Waals surface area contributed by atoms with Crippen LogP contribution in [0.4, 0.5) is 0 Å². The number of esters is 1. The Morgan fingerprint density at radius 1 is 1.13 bits per heavy atom. The van der Waals surface area contributed by atoms with Gasteiger partial charge in [-0.15, -0.1) is 0 Å². The van der Waals surface area contributed by atoms with E-state index in [4.69, 9.17) is 39.5 Å². The van der Waals surface area contributed by atoms with Crippen molar-refractivity contribution < 1.29 is 9.53 Å². The fourth-order valence-corrected chi connectivity index (χ4v) is 3.20. The summed E-state index contributed by atoms with van der Waals surface area (Å²) < 4.78 is 7.05. The van der Waals surface area contributed by atoms with Gasteiger partial charge in [0.25, 0.3) is 0 Å². The quantitative estimate of drug-likeness (QED) is 0.388. The monoisotopic (exact) mass is 466 g/mol. The Bertz CT molecular complexity index is 1140. The summed E-state index contributed by atoms with van der Waals surface area (Å²) in [4.78, 5) is 24.6. The first-order valence-corrected chi connectivity index (χ1v) is 10.1. The van der Waals surface area contributed by atoms with E-state index >= 15 is 0 Å². The minimum absolute atomic E-state index is 0.207. The number of halogens is 3. The van der Waals surface area contributed by atoms with E-state index in [1.54, 1.807) is 37.3 Å². The number of hydrogen-bond donors (Lipinski definition) is 0. The third-order valence-electron chi connectivity index (χ3n) is 4.02. The summed E-state index contributed by atoms with van der Waals surface area (Å²) >= 11 is 18.0. The maximum absolute atomic E-state index is 12.8. The second kappa shape index (κ2) is 9.93. The molecule has 0 radical (unpaired) electrons. The minimum atomic E-state index is -0.576. The Kier molecular flexibility index (Phi) is 7.31. The second-order valence-electron chi connectivity index (χ2n) is 6.19. The van der Waals surface area contributed by atoms with Crippen LogP contribution in [-0.4, -0.2) is 33.2 Å². The average molecular weight is 468 g/mol. The first-order valence-electron chi connectivity index (χ1n) is 8.95. The number of hydrogen-bond acceptors (Lipinski definition) is 5. The smallest absolute Gasteiger partial charge is 0.367 e. The molecule has 0 unspecified atom stereocenters. The van der Waals surface area contributed by atoms with E-state index in [0.717, 1.165) is 14.9 Å². The van der Waals surface area contributed by atoms with Crippen LogP contribution in [0.1, 0.15) is 23.9 Å². The highest BCUT2D eigenvalue weighted by Gasteiger charge is 2.16. The van der Waals surface area contributed by atoms with Crippen molar-refractivity contribution in [3.8, 4) is 0 Å². The molecule has 10 heteroatoms. The molecule has 0 N–H and O–H groups in total. The van der Waals surface area contributed by atoms with E-state index in [0.29, 0.717) is 32.9 Å². The number of aromatic nitrogens is 3. The van der Waals surface area contributed by atoms with E-state index in [1.165, 1.54) is 6.21 Å². The normalized spacial score (nSPS) is 11.2. The molecule has 3 aromatic rings. The van der Waals surface area contributed by atoms with Crippen LogP contribution in [0.3, 0.4) is 0 Å². The molecule has 7 nitrogen and oxygen atoms in total. The van der Waals surface area contributed by atoms with Gasteiger partial charge in [-0.25, -0.2) is 9.48 Å². The summed E-state index contributed by atoms with van der Waals surface area (Å²) in [7, 11) is 0. The molecule has 0 spiro atoms. The van der Waals surface area contributed by atoms with Crippen LogP contribution in [0.25, 0.3) is 0 Å². The summed E-state index contributed by atoms with van der Waals surface area (Å²) in [5.41, 5.74) is 0.866. The van der Waals surface area contributed by atoms with Crippen molar-refractivity contribution in [2.45, 2.75) is 19.9 Å². The largest absolute Gasteiger partial charge is 0.465 e. The minimum Gasteiger partial charge on any atom is -0.465 e. The van der Waals surface area contributed by atoms with Gasteiger partial charge in [-0.05, 0) is 36.8 Å². The van der Waals surface area contributed by atoms with E-state index in [9.17, 15) is 9.59 Å². The number of carbonyl (C=O) groups excluding carboxylic acids is 1. The van der Waals surface area contributed by atoms with Crippen molar-refractivity contribution in [2.24, 2.45) is 5.10 Å². The fourth-order valence-electron chi connectivity index (χ4n) is 2.61. The summed E-state index contributed by atoms with van der Waals surface area (Å²) in [6, 6.07) is 12.0. The summed E-state index contributed by atoms with van der Waals surface area (Å²) in [6.45, 7) is 1.58. The first-order chi connectivity index (χ1) is 14.4. The highest BCUT2D eigenvalue weighted by atomic mass is 35.5. The van der Waals surface area contributed by atoms with E-state index in [2.05, 4.69) is 10.2 Å². The molecule has 156 valence electrons. The van der Waals surface area contributed by atoms with Crippen molar-refractivity contribution in [3.63, 3.8) is 0 Å². The van der Waals surface area contributed by atoms with Crippen LogP contribution in [-0.2, 0) is 22.5 Å². The molecule has 0 atom stereocenters. The van der Waals surface area contributed by atoms with E-state index in [1.807, 2.05) is 12.1 Å². The summed E-state index contributed by atoms with van der Waals surface area (Å²) in [5, 5.41) is 9.98. The molecular weight excluding hydrogens is 451 g/mol. The van der Waals surface area contributed by atoms with Crippen LogP contribution in [0, 0.1) is 0 Å². The van der Waals surface area contributed by atoms with Gasteiger partial charge < -0.3 is 4.74 Å². The van der Waals surface area contributed by atoms with Gasteiger partial charge in [0.1, 0.15) is 6.54 Å². The van der Waals surface area contributed by atoms with Gasteiger partial charge in [0.15, 0.2) is 5.82 Å². The molecule has 0 amide bonds. The van der Waals surface area contributed by atoms with Crippen LogP contribution in [0.5, 0.6) is 0 Å². The SMILES string of the molecule is CCOC(=O)Cn1nc(Cc2ccc(Cl)cc2)n(/N=C\c2ccc(Cl)cc2Cl)c1=O. The molecule has 0 saturated carbocycles. The molecule has 3 rings (SSSR count). The zero-order chi connectivity index (χ0) is 21.7. The lowest BCUT2D eigenvalue weighted by Crippen LogP contribution is -2.27. The van der Waals surface area contributed by atoms with Gasteiger partial charge in [0.2, 0.25) is 0 Å². The molecule has 30 heavy (non-hydrogen) atoms. The van der Waals surface area contributed by atoms with Crippen LogP contribution in [0.2, 0.25) is 15.1 Å². The first kappa shape index (κ1) is 22.1. The molecule has 1 heterocycles. The Morgan fingerprint density at radius 3 is 2.50 bits per heavy atom. The zero-order valence-corrected chi connectivity index (χ0v) is 18.2. The third kappa shape index (κ3) is 5.50.